The van der Waals surface area contributed by atoms with Crippen LogP contribution in [-0.4, -0.2) is 19.7 Å². The molecule has 0 saturated carbocycles. The highest BCUT2D eigenvalue weighted by molar-refractivity contribution is 7.98. The zero-order valence-corrected chi connectivity index (χ0v) is 16.1. The van der Waals surface area contributed by atoms with E-state index in [-0.39, 0.29) is 0 Å². The number of halogens is 1. The van der Waals surface area contributed by atoms with Gasteiger partial charge in [-0.1, -0.05) is 65.8 Å². The number of pyridine rings is 1. The fourth-order valence-electron chi connectivity index (χ4n) is 2.75. The zero-order valence-electron chi connectivity index (χ0n) is 14.5. The molecule has 0 N–H and O–H groups in total. The number of hydrogen-bond acceptors (Lipinski definition) is 4. The van der Waals surface area contributed by atoms with Crippen LogP contribution in [-0.2, 0) is 12.3 Å². The van der Waals surface area contributed by atoms with E-state index in [0.717, 1.165) is 27.3 Å². The lowest BCUT2D eigenvalue weighted by atomic mass is 10.2. The Balaban J connectivity index is 1.64. The van der Waals surface area contributed by atoms with Crippen molar-refractivity contribution in [3.63, 3.8) is 0 Å². The smallest absolute Gasteiger partial charge is 0.192 e. The normalized spacial score (nSPS) is 10.9. The Labute approximate surface area is 167 Å². The summed E-state index contributed by atoms with van der Waals surface area (Å²) in [4.78, 5) is 4.10. The van der Waals surface area contributed by atoms with E-state index in [1.165, 1.54) is 11.1 Å². The molecule has 0 aliphatic carbocycles. The molecule has 4 nitrogen and oxygen atoms in total. The van der Waals surface area contributed by atoms with E-state index in [4.69, 9.17) is 11.6 Å². The summed E-state index contributed by atoms with van der Waals surface area (Å²) in [6.45, 7) is 0.717. The number of thioether (sulfide) groups is 1. The Morgan fingerprint density at radius 1 is 0.815 bits per heavy atom. The average Bonchev–Trinajstić information content (AvgIpc) is 3.11. The van der Waals surface area contributed by atoms with Crippen molar-refractivity contribution in [3.05, 3.63) is 95.3 Å². The molecule has 2 aromatic carbocycles. The largest absolute Gasteiger partial charge is 0.298 e. The maximum Gasteiger partial charge on any atom is 0.192 e. The Kier molecular flexibility index (Phi) is 5.51. The third-order valence-electron chi connectivity index (χ3n) is 4.12. The lowest BCUT2D eigenvalue weighted by Crippen LogP contribution is -2.04. The minimum absolute atomic E-state index is 0.717. The van der Waals surface area contributed by atoms with Crippen LogP contribution in [0.2, 0.25) is 5.02 Å². The van der Waals surface area contributed by atoms with Gasteiger partial charge in [0.2, 0.25) is 0 Å². The zero-order chi connectivity index (χ0) is 18.5. The molecule has 4 rings (SSSR count). The molecule has 0 saturated heterocycles. The van der Waals surface area contributed by atoms with Crippen LogP contribution in [0.3, 0.4) is 0 Å². The molecule has 0 aliphatic rings. The summed E-state index contributed by atoms with van der Waals surface area (Å²) < 4.78 is 2.16. The lowest BCUT2D eigenvalue weighted by Gasteiger charge is -2.10. The van der Waals surface area contributed by atoms with Gasteiger partial charge in [-0.15, -0.1) is 10.2 Å². The van der Waals surface area contributed by atoms with Crippen molar-refractivity contribution in [2.75, 3.05) is 0 Å². The van der Waals surface area contributed by atoms with Crippen molar-refractivity contribution in [2.24, 2.45) is 0 Å². The first-order valence-corrected chi connectivity index (χ1v) is 9.91. The van der Waals surface area contributed by atoms with Gasteiger partial charge >= 0.3 is 0 Å². The minimum Gasteiger partial charge on any atom is -0.298 e. The third kappa shape index (κ3) is 4.38. The van der Waals surface area contributed by atoms with Crippen LogP contribution in [0.1, 0.15) is 11.1 Å². The van der Waals surface area contributed by atoms with Crippen LogP contribution in [0.4, 0.5) is 0 Å². The molecule has 2 heterocycles. The summed E-state index contributed by atoms with van der Waals surface area (Å²) in [5.41, 5.74) is 3.41. The van der Waals surface area contributed by atoms with Gasteiger partial charge < -0.3 is 0 Å². The average molecular weight is 393 g/mol. The number of benzene rings is 2. The van der Waals surface area contributed by atoms with Gasteiger partial charge in [-0.2, -0.15) is 0 Å². The van der Waals surface area contributed by atoms with Crippen LogP contribution in [0, 0.1) is 0 Å². The third-order valence-corrected chi connectivity index (χ3v) is 5.41. The highest BCUT2D eigenvalue weighted by Crippen LogP contribution is 2.27. The number of aromatic nitrogens is 4. The molecule has 0 unspecified atom stereocenters. The Hall–Kier alpha value is -2.63. The summed E-state index contributed by atoms with van der Waals surface area (Å²) in [6.07, 6.45) is 3.55. The van der Waals surface area contributed by atoms with Crippen LogP contribution >= 0.6 is 23.4 Å². The molecule has 0 atom stereocenters. The standard InChI is InChI=1S/C21H17ClN4S/c22-19-8-6-17(7-9-19)15-27-21-25-24-20(18-10-12-23-13-11-18)26(21)14-16-4-2-1-3-5-16/h1-13H,14-15H2. The fourth-order valence-corrected chi connectivity index (χ4v) is 3.77. The first-order chi connectivity index (χ1) is 13.3. The highest BCUT2D eigenvalue weighted by atomic mass is 35.5. The van der Waals surface area contributed by atoms with Crippen molar-refractivity contribution in [1.82, 2.24) is 19.7 Å². The molecule has 2 aromatic heterocycles. The quantitative estimate of drug-likeness (QED) is 0.416. The molecule has 27 heavy (non-hydrogen) atoms. The molecule has 0 bridgehead atoms. The van der Waals surface area contributed by atoms with E-state index >= 15 is 0 Å². The number of hydrogen-bond donors (Lipinski definition) is 0. The van der Waals surface area contributed by atoms with E-state index < -0.39 is 0 Å². The molecular formula is C21H17ClN4S. The van der Waals surface area contributed by atoms with Gasteiger partial charge in [0.25, 0.3) is 0 Å². The SMILES string of the molecule is Clc1ccc(CSc2nnc(-c3ccncc3)n2Cc2ccccc2)cc1. The summed E-state index contributed by atoms with van der Waals surface area (Å²) in [5.74, 6) is 1.65. The Morgan fingerprint density at radius 2 is 1.56 bits per heavy atom. The van der Waals surface area contributed by atoms with Gasteiger partial charge in [0.1, 0.15) is 0 Å². The van der Waals surface area contributed by atoms with Gasteiger partial charge in [0.15, 0.2) is 11.0 Å². The van der Waals surface area contributed by atoms with Gasteiger partial charge in [-0.3, -0.25) is 9.55 Å². The molecule has 0 aliphatic heterocycles. The lowest BCUT2D eigenvalue weighted by molar-refractivity contribution is 0.714. The minimum atomic E-state index is 0.717. The van der Waals surface area contributed by atoms with E-state index in [1.54, 1.807) is 24.2 Å². The maximum atomic E-state index is 5.98. The van der Waals surface area contributed by atoms with Crippen LogP contribution in [0.15, 0.2) is 84.3 Å². The number of nitrogens with zero attached hydrogens (tertiary/aromatic N) is 4. The van der Waals surface area contributed by atoms with Crippen LogP contribution in [0.5, 0.6) is 0 Å². The predicted octanol–water partition coefficient (Wildman–Crippen LogP) is 5.33. The van der Waals surface area contributed by atoms with Crippen LogP contribution < -0.4 is 0 Å². The summed E-state index contributed by atoms with van der Waals surface area (Å²) in [7, 11) is 0. The summed E-state index contributed by atoms with van der Waals surface area (Å²) in [6, 6.07) is 22.2. The van der Waals surface area contributed by atoms with Gasteiger partial charge in [-0.05, 0) is 35.4 Å². The molecule has 134 valence electrons. The summed E-state index contributed by atoms with van der Waals surface area (Å²) in [5, 5.41) is 10.5. The molecular weight excluding hydrogens is 376 g/mol. The first kappa shape index (κ1) is 17.8. The van der Waals surface area contributed by atoms with E-state index in [2.05, 4.69) is 31.9 Å². The second kappa shape index (κ2) is 8.37. The second-order valence-corrected chi connectivity index (χ2v) is 7.41. The van der Waals surface area contributed by atoms with Gasteiger partial charge in [-0.25, -0.2) is 0 Å². The highest BCUT2D eigenvalue weighted by Gasteiger charge is 2.15. The van der Waals surface area contributed by atoms with Gasteiger partial charge in [0, 0.05) is 28.7 Å². The van der Waals surface area contributed by atoms with E-state index in [9.17, 15) is 0 Å². The molecule has 4 aromatic rings. The fraction of sp³-hybridized carbons (Fsp3) is 0.0952. The second-order valence-electron chi connectivity index (χ2n) is 6.03. The molecule has 0 amide bonds. The van der Waals surface area contributed by atoms with Crippen LogP contribution in [0.25, 0.3) is 11.4 Å². The monoisotopic (exact) mass is 392 g/mol. The molecule has 0 radical (unpaired) electrons. The molecule has 6 heteroatoms. The van der Waals surface area contributed by atoms with Gasteiger partial charge in [0.05, 0.1) is 6.54 Å². The van der Waals surface area contributed by atoms with Crippen molar-refractivity contribution < 1.29 is 0 Å². The van der Waals surface area contributed by atoms with Crippen molar-refractivity contribution in [3.8, 4) is 11.4 Å². The topological polar surface area (TPSA) is 43.6 Å². The van der Waals surface area contributed by atoms with E-state index in [1.807, 2.05) is 54.6 Å². The van der Waals surface area contributed by atoms with E-state index in [0.29, 0.717) is 6.54 Å². The summed E-state index contributed by atoms with van der Waals surface area (Å²) >= 11 is 7.65. The molecule has 0 spiro atoms. The Morgan fingerprint density at radius 3 is 2.30 bits per heavy atom. The van der Waals surface area contributed by atoms with Crippen molar-refractivity contribution in [2.45, 2.75) is 17.5 Å². The Bertz CT molecular complexity index is 1000. The maximum absolute atomic E-state index is 5.98. The molecule has 0 fully saturated rings. The van der Waals surface area contributed by atoms with Crippen molar-refractivity contribution in [1.29, 1.82) is 0 Å². The first-order valence-electron chi connectivity index (χ1n) is 8.54. The van der Waals surface area contributed by atoms with Crippen molar-refractivity contribution >= 4 is 23.4 Å². The predicted molar refractivity (Wildman–Crippen MR) is 110 cm³/mol. The number of rotatable bonds is 6.